The molecule has 1 aromatic carbocycles. The molecule has 0 saturated carbocycles. The zero-order valence-corrected chi connectivity index (χ0v) is 16.6. The van der Waals surface area contributed by atoms with Crippen molar-refractivity contribution in [3.63, 3.8) is 0 Å². The van der Waals surface area contributed by atoms with Crippen LogP contribution in [0.25, 0.3) is 0 Å². The lowest BCUT2D eigenvalue weighted by Gasteiger charge is -2.34. The summed E-state index contributed by atoms with van der Waals surface area (Å²) in [7, 11) is 1.85. The highest BCUT2D eigenvalue weighted by Crippen LogP contribution is 2.27. The Labute approximate surface area is 160 Å². The minimum Gasteiger partial charge on any atom is -0.343 e. The summed E-state index contributed by atoms with van der Waals surface area (Å²) in [5, 5.41) is 1.04. The SMILES string of the molecule is CC(C)N(C)C(=O)C1CCN(C(=O)CCc2cccc(Cl)c2Cl)CC1. The van der Waals surface area contributed by atoms with Crippen LogP contribution in [0.1, 0.15) is 38.7 Å². The van der Waals surface area contributed by atoms with Gasteiger partial charge in [0.25, 0.3) is 0 Å². The van der Waals surface area contributed by atoms with Gasteiger partial charge in [0.1, 0.15) is 0 Å². The Hall–Kier alpha value is -1.26. The summed E-state index contributed by atoms with van der Waals surface area (Å²) in [6, 6.07) is 5.69. The second-order valence-electron chi connectivity index (χ2n) is 6.91. The van der Waals surface area contributed by atoms with Crippen LogP contribution in [0.4, 0.5) is 0 Å². The van der Waals surface area contributed by atoms with E-state index in [4.69, 9.17) is 23.2 Å². The fourth-order valence-electron chi connectivity index (χ4n) is 3.06. The van der Waals surface area contributed by atoms with E-state index < -0.39 is 0 Å². The van der Waals surface area contributed by atoms with Crippen LogP contribution in [-0.4, -0.2) is 47.8 Å². The summed E-state index contributed by atoms with van der Waals surface area (Å²) < 4.78 is 0. The Bertz CT molecular complexity index is 626. The fourth-order valence-corrected chi connectivity index (χ4v) is 3.47. The molecule has 6 heteroatoms. The molecule has 0 bridgehead atoms. The number of hydrogen-bond acceptors (Lipinski definition) is 2. The van der Waals surface area contributed by atoms with Crippen molar-refractivity contribution in [2.45, 2.75) is 45.6 Å². The molecular formula is C19H26Cl2N2O2. The van der Waals surface area contributed by atoms with E-state index in [9.17, 15) is 9.59 Å². The van der Waals surface area contributed by atoms with Gasteiger partial charge in [0.15, 0.2) is 0 Å². The zero-order chi connectivity index (χ0) is 18.6. The number of carbonyl (C=O) groups is 2. The molecule has 1 aliphatic heterocycles. The first-order valence-electron chi connectivity index (χ1n) is 8.78. The first kappa shape index (κ1) is 20.1. The Balaban J connectivity index is 1.83. The van der Waals surface area contributed by atoms with Gasteiger partial charge in [0.05, 0.1) is 10.0 Å². The van der Waals surface area contributed by atoms with Crippen LogP contribution in [0.2, 0.25) is 10.0 Å². The summed E-state index contributed by atoms with van der Waals surface area (Å²) in [5.41, 5.74) is 0.895. The van der Waals surface area contributed by atoms with Gasteiger partial charge in [-0.15, -0.1) is 0 Å². The van der Waals surface area contributed by atoms with Gasteiger partial charge in [0.2, 0.25) is 11.8 Å². The summed E-state index contributed by atoms with van der Waals surface area (Å²) >= 11 is 12.2. The number of likely N-dealkylation sites (tertiary alicyclic amines) is 1. The predicted octanol–water partition coefficient (Wildman–Crippen LogP) is 4.03. The first-order valence-corrected chi connectivity index (χ1v) is 9.54. The number of amides is 2. The van der Waals surface area contributed by atoms with Crippen molar-refractivity contribution in [2.75, 3.05) is 20.1 Å². The van der Waals surface area contributed by atoms with Crippen LogP contribution in [-0.2, 0) is 16.0 Å². The van der Waals surface area contributed by atoms with Gasteiger partial charge >= 0.3 is 0 Å². The molecule has 25 heavy (non-hydrogen) atoms. The molecule has 0 aliphatic carbocycles. The van der Waals surface area contributed by atoms with Crippen molar-refractivity contribution in [3.05, 3.63) is 33.8 Å². The molecule has 1 aromatic rings. The second-order valence-corrected chi connectivity index (χ2v) is 7.70. The Morgan fingerprint density at radius 2 is 1.88 bits per heavy atom. The van der Waals surface area contributed by atoms with Gasteiger partial charge in [-0.2, -0.15) is 0 Å². The quantitative estimate of drug-likeness (QED) is 0.768. The van der Waals surface area contributed by atoms with E-state index in [1.165, 1.54) is 0 Å². The van der Waals surface area contributed by atoms with Gasteiger partial charge in [-0.3, -0.25) is 9.59 Å². The van der Waals surface area contributed by atoms with Crippen molar-refractivity contribution in [1.82, 2.24) is 9.80 Å². The van der Waals surface area contributed by atoms with Crippen molar-refractivity contribution in [1.29, 1.82) is 0 Å². The van der Waals surface area contributed by atoms with E-state index in [1.807, 2.05) is 37.9 Å². The normalized spacial score (nSPS) is 15.5. The van der Waals surface area contributed by atoms with E-state index in [0.29, 0.717) is 36.0 Å². The highest BCUT2D eigenvalue weighted by molar-refractivity contribution is 6.42. The summed E-state index contributed by atoms with van der Waals surface area (Å²) in [6.07, 6.45) is 2.46. The van der Waals surface area contributed by atoms with E-state index in [1.54, 1.807) is 11.0 Å². The molecular weight excluding hydrogens is 359 g/mol. The zero-order valence-electron chi connectivity index (χ0n) is 15.1. The molecule has 0 aromatic heterocycles. The average molecular weight is 385 g/mol. The van der Waals surface area contributed by atoms with E-state index in [-0.39, 0.29) is 23.8 Å². The Kier molecular flexibility index (Phi) is 7.14. The standard InChI is InChI=1S/C19H26Cl2N2O2/c1-13(2)22(3)19(25)15-9-11-23(12-10-15)17(24)8-7-14-5-4-6-16(20)18(14)21/h4-6,13,15H,7-12H2,1-3H3. The molecule has 1 heterocycles. The van der Waals surface area contributed by atoms with Crippen molar-refractivity contribution in [2.24, 2.45) is 5.92 Å². The predicted molar refractivity (Wildman–Crippen MR) is 102 cm³/mol. The molecule has 1 saturated heterocycles. The third kappa shape index (κ3) is 5.11. The molecule has 0 spiro atoms. The van der Waals surface area contributed by atoms with E-state index in [2.05, 4.69) is 0 Å². The number of hydrogen-bond donors (Lipinski definition) is 0. The van der Waals surface area contributed by atoms with Gasteiger partial charge in [0, 0.05) is 38.5 Å². The summed E-state index contributed by atoms with van der Waals surface area (Å²) in [5.74, 6) is 0.325. The Morgan fingerprint density at radius 1 is 1.24 bits per heavy atom. The minimum atomic E-state index is 0.0267. The van der Waals surface area contributed by atoms with Crippen molar-refractivity contribution < 1.29 is 9.59 Å². The average Bonchev–Trinajstić information content (AvgIpc) is 2.61. The van der Waals surface area contributed by atoms with E-state index >= 15 is 0 Å². The maximum absolute atomic E-state index is 12.4. The Morgan fingerprint density at radius 3 is 2.48 bits per heavy atom. The maximum Gasteiger partial charge on any atom is 0.225 e. The third-order valence-electron chi connectivity index (χ3n) is 4.96. The highest BCUT2D eigenvalue weighted by Gasteiger charge is 2.29. The lowest BCUT2D eigenvalue weighted by Crippen LogP contribution is -2.45. The number of piperidine rings is 1. The summed E-state index contributed by atoms with van der Waals surface area (Å²) in [4.78, 5) is 28.5. The van der Waals surface area contributed by atoms with Crippen LogP contribution in [0, 0.1) is 5.92 Å². The first-order chi connectivity index (χ1) is 11.8. The minimum absolute atomic E-state index is 0.0267. The lowest BCUT2D eigenvalue weighted by molar-refractivity contribution is -0.140. The van der Waals surface area contributed by atoms with Gasteiger partial charge in [-0.25, -0.2) is 0 Å². The molecule has 1 fully saturated rings. The molecule has 0 N–H and O–H groups in total. The van der Waals surface area contributed by atoms with Crippen LogP contribution in [0.3, 0.4) is 0 Å². The van der Waals surface area contributed by atoms with Crippen LogP contribution >= 0.6 is 23.2 Å². The number of nitrogens with zero attached hydrogens (tertiary/aromatic N) is 2. The van der Waals surface area contributed by atoms with Crippen LogP contribution < -0.4 is 0 Å². The molecule has 2 rings (SSSR count). The number of benzene rings is 1. The summed E-state index contributed by atoms with van der Waals surface area (Å²) in [6.45, 7) is 5.31. The molecule has 4 nitrogen and oxygen atoms in total. The molecule has 138 valence electrons. The van der Waals surface area contributed by atoms with Crippen LogP contribution in [0.15, 0.2) is 18.2 Å². The topological polar surface area (TPSA) is 40.6 Å². The van der Waals surface area contributed by atoms with Gasteiger partial charge < -0.3 is 9.80 Å². The molecule has 0 unspecified atom stereocenters. The molecule has 0 atom stereocenters. The lowest BCUT2D eigenvalue weighted by atomic mass is 9.94. The second kappa shape index (κ2) is 8.91. The van der Waals surface area contributed by atoms with Crippen LogP contribution in [0.5, 0.6) is 0 Å². The maximum atomic E-state index is 12.4. The molecule has 2 amide bonds. The van der Waals surface area contributed by atoms with Gasteiger partial charge in [-0.05, 0) is 44.7 Å². The third-order valence-corrected chi connectivity index (χ3v) is 5.82. The fraction of sp³-hybridized carbons (Fsp3) is 0.579. The van der Waals surface area contributed by atoms with Gasteiger partial charge in [-0.1, -0.05) is 35.3 Å². The number of rotatable bonds is 5. The van der Waals surface area contributed by atoms with Crippen molar-refractivity contribution >= 4 is 35.0 Å². The van der Waals surface area contributed by atoms with Crippen molar-refractivity contribution in [3.8, 4) is 0 Å². The molecule has 0 radical (unpaired) electrons. The number of halogens is 2. The highest BCUT2D eigenvalue weighted by atomic mass is 35.5. The largest absolute Gasteiger partial charge is 0.343 e. The monoisotopic (exact) mass is 384 g/mol. The number of aryl methyl sites for hydroxylation is 1. The number of carbonyl (C=O) groups excluding carboxylic acids is 2. The smallest absolute Gasteiger partial charge is 0.225 e. The van der Waals surface area contributed by atoms with E-state index in [0.717, 1.165) is 18.4 Å². The molecule has 1 aliphatic rings.